The van der Waals surface area contributed by atoms with E-state index in [2.05, 4.69) is 31.0 Å². The van der Waals surface area contributed by atoms with Crippen molar-refractivity contribution >= 4 is 47.3 Å². The second kappa shape index (κ2) is 7.46. The van der Waals surface area contributed by atoms with Gasteiger partial charge in [-0.3, -0.25) is 4.79 Å². The summed E-state index contributed by atoms with van der Waals surface area (Å²) in [4.78, 5) is 13.3. The van der Waals surface area contributed by atoms with E-state index in [-0.39, 0.29) is 9.86 Å². The lowest BCUT2D eigenvalue weighted by atomic mass is 10.1. The summed E-state index contributed by atoms with van der Waals surface area (Å²) in [5, 5.41) is 0.119. The predicted molar refractivity (Wildman–Crippen MR) is 92.4 cm³/mol. The minimum absolute atomic E-state index is 0.119. The van der Waals surface area contributed by atoms with Crippen LogP contribution in [0.2, 0.25) is 0 Å². The Bertz CT molecular complexity index is 461. The maximum absolute atomic E-state index is 12.1. The third kappa shape index (κ3) is 5.67. The van der Waals surface area contributed by atoms with Gasteiger partial charge in [0, 0.05) is 21.0 Å². The molecule has 1 aromatic carbocycles. The van der Waals surface area contributed by atoms with E-state index in [1.165, 1.54) is 16.7 Å². The van der Waals surface area contributed by atoms with Crippen molar-refractivity contribution in [1.29, 1.82) is 0 Å². The number of hydrogen-bond donors (Lipinski definition) is 1. The fraction of sp³-hybridized carbons (Fsp3) is 0.400. The SMILES string of the molecule is CSc1ccc(/C=C(\C)C(=O)SC(C)(C)CS)cc1. The van der Waals surface area contributed by atoms with E-state index in [0.29, 0.717) is 5.75 Å². The second-order valence-corrected chi connectivity index (χ2v) is 7.78. The van der Waals surface area contributed by atoms with Crippen LogP contribution in [0.4, 0.5) is 0 Å². The van der Waals surface area contributed by atoms with E-state index in [9.17, 15) is 4.79 Å². The lowest BCUT2D eigenvalue weighted by molar-refractivity contribution is -0.107. The zero-order chi connectivity index (χ0) is 14.5. The van der Waals surface area contributed by atoms with Gasteiger partial charge < -0.3 is 0 Å². The first-order valence-electron chi connectivity index (χ1n) is 6.04. The van der Waals surface area contributed by atoms with Gasteiger partial charge in [0.2, 0.25) is 5.12 Å². The molecule has 4 heteroatoms. The molecule has 0 saturated carbocycles. The highest BCUT2D eigenvalue weighted by atomic mass is 32.2. The van der Waals surface area contributed by atoms with Crippen LogP contribution in [-0.2, 0) is 4.79 Å². The van der Waals surface area contributed by atoms with Gasteiger partial charge in [-0.1, -0.05) is 23.9 Å². The van der Waals surface area contributed by atoms with Gasteiger partial charge in [0.25, 0.3) is 0 Å². The number of hydrogen-bond acceptors (Lipinski definition) is 4. The van der Waals surface area contributed by atoms with Crippen molar-refractivity contribution in [2.24, 2.45) is 0 Å². The van der Waals surface area contributed by atoms with E-state index in [4.69, 9.17) is 0 Å². The molecule has 0 bridgehead atoms. The van der Waals surface area contributed by atoms with Crippen molar-refractivity contribution in [2.45, 2.75) is 30.4 Å². The summed E-state index contributed by atoms with van der Waals surface area (Å²) in [6.07, 6.45) is 3.99. The normalized spacial score (nSPS) is 12.6. The van der Waals surface area contributed by atoms with Crippen LogP contribution in [-0.4, -0.2) is 21.9 Å². The van der Waals surface area contributed by atoms with Gasteiger partial charge in [-0.15, -0.1) is 11.8 Å². The number of carbonyl (C=O) groups is 1. The van der Waals surface area contributed by atoms with E-state index < -0.39 is 0 Å². The number of benzene rings is 1. The lowest BCUT2D eigenvalue weighted by Crippen LogP contribution is -2.19. The molecule has 0 aliphatic rings. The molecule has 0 N–H and O–H groups in total. The number of carbonyl (C=O) groups excluding carboxylic acids is 1. The van der Waals surface area contributed by atoms with Gasteiger partial charge in [-0.2, -0.15) is 12.6 Å². The molecule has 19 heavy (non-hydrogen) atoms. The van der Waals surface area contributed by atoms with Gasteiger partial charge in [0.05, 0.1) is 0 Å². The van der Waals surface area contributed by atoms with Crippen molar-refractivity contribution in [1.82, 2.24) is 0 Å². The Labute approximate surface area is 130 Å². The molecule has 1 rings (SSSR count). The molecule has 0 fully saturated rings. The maximum Gasteiger partial charge on any atom is 0.215 e. The molecule has 0 aliphatic heterocycles. The quantitative estimate of drug-likeness (QED) is 0.479. The van der Waals surface area contributed by atoms with Crippen LogP contribution in [0.3, 0.4) is 0 Å². The molecule has 0 atom stereocenters. The molecule has 0 amide bonds. The number of thioether (sulfide) groups is 2. The van der Waals surface area contributed by atoms with E-state index in [1.54, 1.807) is 11.8 Å². The Balaban J connectivity index is 2.77. The van der Waals surface area contributed by atoms with Gasteiger partial charge in [-0.25, -0.2) is 0 Å². The summed E-state index contributed by atoms with van der Waals surface area (Å²) in [5.41, 5.74) is 1.84. The molecule has 0 aromatic heterocycles. The Kier molecular flexibility index (Phi) is 6.57. The number of thiol groups is 1. The third-order valence-electron chi connectivity index (χ3n) is 2.57. The fourth-order valence-corrected chi connectivity index (χ4v) is 2.76. The van der Waals surface area contributed by atoms with E-state index in [1.807, 2.05) is 39.0 Å². The Morgan fingerprint density at radius 1 is 1.32 bits per heavy atom. The first kappa shape index (κ1) is 16.7. The van der Waals surface area contributed by atoms with Crippen molar-refractivity contribution in [3.8, 4) is 0 Å². The predicted octanol–water partition coefficient (Wildman–Crippen LogP) is 4.78. The zero-order valence-corrected chi connectivity index (χ0v) is 14.3. The van der Waals surface area contributed by atoms with Crippen LogP contribution in [0.1, 0.15) is 26.3 Å². The molecule has 0 unspecified atom stereocenters. The van der Waals surface area contributed by atoms with Gasteiger partial charge >= 0.3 is 0 Å². The largest absolute Gasteiger partial charge is 0.282 e. The zero-order valence-electron chi connectivity index (χ0n) is 11.8. The molecule has 1 aromatic rings. The molecular formula is C15H20OS3. The third-order valence-corrected chi connectivity index (χ3v) is 5.52. The standard InChI is InChI=1S/C15H20OS3/c1-11(14(16)19-15(2,3)10-17)9-12-5-7-13(18-4)8-6-12/h5-9,17H,10H2,1-4H3/b11-9+. The summed E-state index contributed by atoms with van der Waals surface area (Å²) < 4.78 is -0.127. The summed E-state index contributed by atoms with van der Waals surface area (Å²) >= 11 is 7.33. The fourth-order valence-electron chi connectivity index (χ4n) is 1.37. The Morgan fingerprint density at radius 2 is 1.89 bits per heavy atom. The van der Waals surface area contributed by atoms with Crippen LogP contribution < -0.4 is 0 Å². The van der Waals surface area contributed by atoms with Gasteiger partial charge in [0.1, 0.15) is 0 Å². The molecule has 0 heterocycles. The average molecular weight is 313 g/mol. The minimum atomic E-state index is -0.127. The highest BCUT2D eigenvalue weighted by Crippen LogP contribution is 2.29. The smallest absolute Gasteiger partial charge is 0.215 e. The highest BCUT2D eigenvalue weighted by molar-refractivity contribution is 8.15. The maximum atomic E-state index is 12.1. The summed E-state index contributed by atoms with van der Waals surface area (Å²) in [6, 6.07) is 8.21. The molecule has 1 nitrogen and oxygen atoms in total. The number of rotatable bonds is 5. The van der Waals surface area contributed by atoms with E-state index in [0.717, 1.165) is 11.1 Å². The van der Waals surface area contributed by atoms with Crippen LogP contribution >= 0.6 is 36.2 Å². The minimum Gasteiger partial charge on any atom is -0.282 e. The molecule has 0 radical (unpaired) electrons. The van der Waals surface area contributed by atoms with Gasteiger partial charge in [0.15, 0.2) is 0 Å². The molecule has 0 spiro atoms. The first-order chi connectivity index (χ1) is 8.88. The van der Waals surface area contributed by atoms with Gasteiger partial charge in [-0.05, 0) is 50.8 Å². The summed E-state index contributed by atoms with van der Waals surface area (Å²) in [6.45, 7) is 5.93. The average Bonchev–Trinajstić information content (AvgIpc) is 2.39. The van der Waals surface area contributed by atoms with Crippen LogP contribution in [0.15, 0.2) is 34.7 Å². The van der Waals surface area contributed by atoms with Crippen LogP contribution in [0.5, 0.6) is 0 Å². The first-order valence-corrected chi connectivity index (χ1v) is 8.72. The Morgan fingerprint density at radius 3 is 2.37 bits per heavy atom. The summed E-state index contributed by atoms with van der Waals surface area (Å²) in [7, 11) is 0. The van der Waals surface area contributed by atoms with E-state index >= 15 is 0 Å². The summed E-state index contributed by atoms with van der Waals surface area (Å²) in [5.74, 6) is 0.680. The van der Waals surface area contributed by atoms with Crippen molar-refractivity contribution in [2.75, 3.05) is 12.0 Å². The molecule has 0 aliphatic carbocycles. The topological polar surface area (TPSA) is 17.1 Å². The molecular weight excluding hydrogens is 292 g/mol. The monoisotopic (exact) mass is 312 g/mol. The second-order valence-electron chi connectivity index (χ2n) is 4.91. The molecule has 104 valence electrons. The van der Waals surface area contributed by atoms with Crippen LogP contribution in [0.25, 0.3) is 6.08 Å². The van der Waals surface area contributed by atoms with Crippen molar-refractivity contribution in [3.63, 3.8) is 0 Å². The van der Waals surface area contributed by atoms with Crippen molar-refractivity contribution in [3.05, 3.63) is 35.4 Å². The van der Waals surface area contributed by atoms with Crippen molar-refractivity contribution < 1.29 is 4.79 Å². The van der Waals surface area contributed by atoms with Crippen LogP contribution in [0, 0.1) is 0 Å². The lowest BCUT2D eigenvalue weighted by Gasteiger charge is -2.19. The molecule has 0 saturated heterocycles. The highest BCUT2D eigenvalue weighted by Gasteiger charge is 2.21. The Hall–Kier alpha value is -0.320.